The number of anilines is 1. The van der Waals surface area contributed by atoms with E-state index in [0.717, 1.165) is 10.6 Å². The number of benzene rings is 1. The molecule has 0 aliphatic rings. The number of aromatic nitrogens is 2. The Morgan fingerprint density at radius 1 is 1.05 bits per heavy atom. The molecule has 3 aromatic rings. The molecule has 0 radical (unpaired) electrons. The van der Waals surface area contributed by atoms with E-state index >= 15 is 0 Å². The van der Waals surface area contributed by atoms with Crippen LogP contribution in [-0.2, 0) is 0 Å². The van der Waals surface area contributed by atoms with Crippen LogP contribution < -0.4 is 5.32 Å². The van der Waals surface area contributed by atoms with Crippen molar-refractivity contribution < 1.29 is 4.79 Å². The zero-order chi connectivity index (χ0) is 14.5. The zero-order valence-electron chi connectivity index (χ0n) is 10.9. The van der Waals surface area contributed by atoms with Gasteiger partial charge in [-0.3, -0.25) is 10.1 Å². The molecule has 0 aliphatic heterocycles. The van der Waals surface area contributed by atoms with Crippen molar-refractivity contribution in [3.8, 4) is 0 Å². The Morgan fingerprint density at radius 3 is 2.67 bits per heavy atom. The van der Waals surface area contributed by atoms with Crippen LogP contribution in [0.4, 0.5) is 5.13 Å². The van der Waals surface area contributed by atoms with Crippen LogP contribution in [0.2, 0.25) is 0 Å². The Bertz CT molecular complexity index is 748. The molecular formula is C15H11N3OS2. The Kier molecular flexibility index (Phi) is 4.18. The molecule has 0 aliphatic carbocycles. The van der Waals surface area contributed by atoms with Crippen molar-refractivity contribution in [3.63, 3.8) is 0 Å². The van der Waals surface area contributed by atoms with Crippen molar-refractivity contribution >= 4 is 45.9 Å². The highest BCUT2D eigenvalue weighted by Crippen LogP contribution is 2.19. The zero-order valence-corrected chi connectivity index (χ0v) is 12.5. The molecule has 0 bridgehead atoms. The molecule has 1 N–H and O–H groups in total. The van der Waals surface area contributed by atoms with E-state index in [-0.39, 0.29) is 5.91 Å². The molecule has 0 spiro atoms. The van der Waals surface area contributed by atoms with E-state index in [1.54, 1.807) is 6.07 Å². The van der Waals surface area contributed by atoms with Crippen LogP contribution in [0, 0.1) is 0 Å². The summed E-state index contributed by atoms with van der Waals surface area (Å²) in [7, 11) is 0. The Hall–Kier alpha value is -2.31. The number of hydrogen-bond acceptors (Lipinski definition) is 5. The van der Waals surface area contributed by atoms with Gasteiger partial charge in [-0.2, -0.15) is 0 Å². The molecule has 0 atom stereocenters. The minimum atomic E-state index is -0.153. The van der Waals surface area contributed by atoms with Gasteiger partial charge in [0.15, 0.2) is 0 Å². The summed E-state index contributed by atoms with van der Waals surface area (Å²) in [6.07, 6.45) is 3.85. The lowest BCUT2D eigenvalue weighted by Crippen LogP contribution is -2.09. The van der Waals surface area contributed by atoms with Crippen LogP contribution in [0.5, 0.6) is 0 Å². The normalized spacial score (nSPS) is 10.9. The molecule has 2 heterocycles. The van der Waals surface area contributed by atoms with E-state index in [0.29, 0.717) is 10.0 Å². The second-order valence-corrected chi connectivity index (χ2v) is 6.08. The summed E-state index contributed by atoms with van der Waals surface area (Å²) in [6.45, 7) is 0. The molecule has 104 valence electrons. The van der Waals surface area contributed by atoms with Gasteiger partial charge in [-0.05, 0) is 23.1 Å². The molecule has 6 heteroatoms. The first-order valence-electron chi connectivity index (χ1n) is 6.23. The van der Waals surface area contributed by atoms with Gasteiger partial charge in [0.25, 0.3) is 5.91 Å². The Balaban J connectivity index is 1.66. The Morgan fingerprint density at radius 2 is 1.90 bits per heavy atom. The highest BCUT2D eigenvalue weighted by Gasteiger charge is 2.09. The van der Waals surface area contributed by atoms with Crippen LogP contribution >= 0.6 is 22.7 Å². The molecule has 0 fully saturated rings. The number of nitrogens with one attached hydrogen (secondary N) is 1. The van der Waals surface area contributed by atoms with Crippen LogP contribution in [0.15, 0.2) is 47.8 Å². The van der Waals surface area contributed by atoms with E-state index in [9.17, 15) is 4.79 Å². The van der Waals surface area contributed by atoms with Crippen LogP contribution in [0.1, 0.15) is 20.2 Å². The van der Waals surface area contributed by atoms with Crippen molar-refractivity contribution in [2.24, 2.45) is 0 Å². The molecular weight excluding hydrogens is 302 g/mol. The molecule has 0 unspecified atom stereocenters. The SMILES string of the molecule is O=C(Nc1nnc(C=Cc2ccccc2)s1)c1cccs1. The van der Waals surface area contributed by atoms with E-state index in [1.807, 2.05) is 53.9 Å². The van der Waals surface area contributed by atoms with E-state index in [2.05, 4.69) is 15.5 Å². The first-order valence-corrected chi connectivity index (χ1v) is 7.92. The predicted molar refractivity (Wildman–Crippen MR) is 87.6 cm³/mol. The number of rotatable bonds is 4. The number of carbonyl (C=O) groups is 1. The molecule has 0 saturated carbocycles. The second-order valence-electron chi connectivity index (χ2n) is 4.12. The predicted octanol–water partition coefficient (Wildman–Crippen LogP) is 4.02. The minimum absolute atomic E-state index is 0.153. The summed E-state index contributed by atoms with van der Waals surface area (Å²) in [5, 5.41) is 13.9. The lowest BCUT2D eigenvalue weighted by atomic mass is 10.2. The maximum absolute atomic E-state index is 11.9. The fourth-order valence-corrected chi connectivity index (χ4v) is 2.91. The summed E-state index contributed by atoms with van der Waals surface area (Å²) in [6, 6.07) is 13.6. The van der Waals surface area contributed by atoms with Crippen LogP contribution in [-0.4, -0.2) is 16.1 Å². The van der Waals surface area contributed by atoms with Crippen LogP contribution in [0.3, 0.4) is 0 Å². The van der Waals surface area contributed by atoms with Gasteiger partial charge in [-0.25, -0.2) is 0 Å². The third-order valence-electron chi connectivity index (χ3n) is 2.62. The largest absolute Gasteiger partial charge is 0.296 e. The van der Waals surface area contributed by atoms with Gasteiger partial charge in [0, 0.05) is 0 Å². The van der Waals surface area contributed by atoms with Crippen molar-refractivity contribution in [2.45, 2.75) is 0 Å². The molecule has 4 nitrogen and oxygen atoms in total. The molecule has 1 amide bonds. The first kappa shape index (κ1) is 13.7. The second kappa shape index (κ2) is 6.43. The molecule has 21 heavy (non-hydrogen) atoms. The Labute approximate surface area is 129 Å². The molecule has 1 aromatic carbocycles. The number of hydrogen-bond donors (Lipinski definition) is 1. The average molecular weight is 313 g/mol. The summed E-state index contributed by atoms with van der Waals surface area (Å²) in [5.74, 6) is -0.153. The standard InChI is InChI=1S/C15H11N3OS2/c19-14(12-7-4-10-20-12)16-15-18-17-13(21-15)9-8-11-5-2-1-3-6-11/h1-10H,(H,16,18,19). The fourth-order valence-electron chi connectivity index (χ4n) is 1.65. The highest BCUT2D eigenvalue weighted by molar-refractivity contribution is 7.16. The van der Waals surface area contributed by atoms with E-state index in [1.165, 1.54) is 22.7 Å². The van der Waals surface area contributed by atoms with Crippen molar-refractivity contribution in [1.82, 2.24) is 10.2 Å². The average Bonchev–Trinajstić information content (AvgIpc) is 3.18. The maximum Gasteiger partial charge on any atom is 0.267 e. The lowest BCUT2D eigenvalue weighted by molar-refractivity contribution is 0.103. The van der Waals surface area contributed by atoms with E-state index < -0.39 is 0 Å². The summed E-state index contributed by atoms with van der Waals surface area (Å²) >= 11 is 2.74. The monoisotopic (exact) mass is 313 g/mol. The van der Waals surface area contributed by atoms with Gasteiger partial charge in [0.05, 0.1) is 4.88 Å². The van der Waals surface area contributed by atoms with Gasteiger partial charge < -0.3 is 0 Å². The number of thiophene rings is 1. The third kappa shape index (κ3) is 3.62. The lowest BCUT2D eigenvalue weighted by Gasteiger charge is -1.95. The van der Waals surface area contributed by atoms with Gasteiger partial charge in [-0.1, -0.05) is 53.8 Å². The van der Waals surface area contributed by atoms with Gasteiger partial charge >= 0.3 is 0 Å². The maximum atomic E-state index is 11.9. The minimum Gasteiger partial charge on any atom is -0.296 e. The highest BCUT2D eigenvalue weighted by atomic mass is 32.1. The quantitative estimate of drug-likeness (QED) is 0.791. The third-order valence-corrected chi connectivity index (χ3v) is 4.30. The first-order chi connectivity index (χ1) is 10.3. The molecule has 2 aromatic heterocycles. The molecule has 0 saturated heterocycles. The van der Waals surface area contributed by atoms with Crippen LogP contribution in [0.25, 0.3) is 12.2 Å². The topological polar surface area (TPSA) is 54.9 Å². The summed E-state index contributed by atoms with van der Waals surface area (Å²) in [4.78, 5) is 12.5. The summed E-state index contributed by atoms with van der Waals surface area (Å²) < 4.78 is 0. The van der Waals surface area contributed by atoms with Crippen molar-refractivity contribution in [3.05, 3.63) is 63.3 Å². The molecule has 3 rings (SSSR count). The fraction of sp³-hybridized carbons (Fsp3) is 0. The van der Waals surface area contributed by atoms with Gasteiger partial charge in [0.1, 0.15) is 5.01 Å². The smallest absolute Gasteiger partial charge is 0.267 e. The summed E-state index contributed by atoms with van der Waals surface area (Å²) in [5.41, 5.74) is 1.09. The van der Waals surface area contributed by atoms with Crippen molar-refractivity contribution in [2.75, 3.05) is 5.32 Å². The van der Waals surface area contributed by atoms with E-state index in [4.69, 9.17) is 0 Å². The number of nitrogens with zero attached hydrogens (tertiary/aromatic N) is 2. The van der Waals surface area contributed by atoms with Gasteiger partial charge in [-0.15, -0.1) is 21.5 Å². The van der Waals surface area contributed by atoms with Gasteiger partial charge in [0.2, 0.25) is 5.13 Å². The number of amides is 1. The van der Waals surface area contributed by atoms with Crippen molar-refractivity contribution in [1.29, 1.82) is 0 Å². The number of carbonyl (C=O) groups excluding carboxylic acids is 1.